The number of hydrogen-bond donors (Lipinski definition) is 0. The maximum Gasteiger partial charge on any atom is 0.141 e. The number of nitrogens with zero attached hydrogens (tertiary/aromatic N) is 2. The minimum atomic E-state index is 0.0423. The molecular weight excluding hydrogens is 216 g/mol. The lowest BCUT2D eigenvalue weighted by Crippen LogP contribution is -2.46. The predicted molar refractivity (Wildman–Crippen MR) is 66.3 cm³/mol. The molecule has 4 nitrogen and oxygen atoms in total. The fourth-order valence-electron chi connectivity index (χ4n) is 1.94. The van der Waals surface area contributed by atoms with E-state index in [-0.39, 0.29) is 12.2 Å². The van der Waals surface area contributed by atoms with Crippen LogP contribution in [0.3, 0.4) is 0 Å². The first kappa shape index (κ1) is 12.3. The number of likely N-dealkylation sites (N-methyl/N-ethyl adjacent to an activating group) is 1. The van der Waals surface area contributed by atoms with Gasteiger partial charge in [0.15, 0.2) is 0 Å². The molecule has 1 fully saturated rings. The van der Waals surface area contributed by atoms with Crippen LogP contribution >= 0.6 is 0 Å². The average molecular weight is 236 g/mol. The van der Waals surface area contributed by atoms with E-state index in [9.17, 15) is 0 Å². The van der Waals surface area contributed by atoms with Gasteiger partial charge in [-0.1, -0.05) is 0 Å². The number of aromatic nitrogens is 1. The largest absolute Gasteiger partial charge is 0.486 e. The van der Waals surface area contributed by atoms with Gasteiger partial charge in [0.25, 0.3) is 0 Å². The van der Waals surface area contributed by atoms with Crippen LogP contribution in [0.25, 0.3) is 0 Å². The van der Waals surface area contributed by atoms with Crippen LogP contribution in [0.2, 0.25) is 0 Å². The van der Waals surface area contributed by atoms with Crippen LogP contribution in [0.1, 0.15) is 12.5 Å². The van der Waals surface area contributed by atoms with Gasteiger partial charge in [0.1, 0.15) is 18.0 Å². The molecule has 17 heavy (non-hydrogen) atoms. The molecule has 1 aromatic rings. The molecule has 0 bridgehead atoms. The molecule has 4 heteroatoms. The number of hydrogen-bond acceptors (Lipinski definition) is 4. The van der Waals surface area contributed by atoms with Crippen molar-refractivity contribution in [3.63, 3.8) is 0 Å². The molecular formula is C13H20N2O2. The number of ether oxygens (including phenoxy) is 2. The van der Waals surface area contributed by atoms with Crippen molar-refractivity contribution < 1.29 is 9.47 Å². The van der Waals surface area contributed by atoms with Crippen molar-refractivity contribution >= 4 is 0 Å². The fraction of sp³-hybridized carbons (Fsp3) is 0.615. The lowest BCUT2D eigenvalue weighted by atomic mass is 10.2. The lowest BCUT2D eigenvalue weighted by molar-refractivity contribution is -0.0692. The monoisotopic (exact) mass is 236 g/mol. The van der Waals surface area contributed by atoms with Crippen molar-refractivity contribution in [1.82, 2.24) is 9.88 Å². The van der Waals surface area contributed by atoms with Crippen molar-refractivity contribution in [2.75, 3.05) is 26.7 Å². The van der Waals surface area contributed by atoms with Gasteiger partial charge >= 0.3 is 0 Å². The summed E-state index contributed by atoms with van der Waals surface area (Å²) in [6, 6.07) is 1.95. The van der Waals surface area contributed by atoms with E-state index in [2.05, 4.69) is 23.9 Å². The molecule has 1 saturated heterocycles. The molecule has 0 radical (unpaired) electrons. The van der Waals surface area contributed by atoms with Gasteiger partial charge in [0, 0.05) is 19.3 Å². The third-order valence-corrected chi connectivity index (χ3v) is 3.12. The second-order valence-electron chi connectivity index (χ2n) is 4.64. The number of morpholine rings is 1. The summed E-state index contributed by atoms with van der Waals surface area (Å²) in [5, 5.41) is 0. The van der Waals surface area contributed by atoms with Crippen LogP contribution in [0.15, 0.2) is 18.5 Å². The van der Waals surface area contributed by atoms with E-state index in [0.29, 0.717) is 0 Å². The maximum atomic E-state index is 5.92. The van der Waals surface area contributed by atoms with Crippen LogP contribution in [-0.4, -0.2) is 48.8 Å². The van der Waals surface area contributed by atoms with Crippen LogP contribution in [-0.2, 0) is 4.74 Å². The minimum absolute atomic E-state index is 0.0423. The second kappa shape index (κ2) is 5.47. The van der Waals surface area contributed by atoms with Crippen molar-refractivity contribution in [2.45, 2.75) is 26.1 Å². The Labute approximate surface area is 103 Å². The Bertz CT molecular complexity index is 370. The van der Waals surface area contributed by atoms with E-state index >= 15 is 0 Å². The lowest BCUT2D eigenvalue weighted by Gasteiger charge is -2.33. The van der Waals surface area contributed by atoms with E-state index in [1.807, 2.05) is 13.0 Å². The molecule has 0 N–H and O–H groups in total. The standard InChI is InChI=1S/C13H20N2O2/c1-10-4-5-14-8-12(10)17-11(2)13-9-15(3)6-7-16-13/h4-5,8,11,13H,6-7,9H2,1-3H3. The van der Waals surface area contributed by atoms with Gasteiger partial charge in [-0.3, -0.25) is 4.98 Å². The molecule has 0 saturated carbocycles. The smallest absolute Gasteiger partial charge is 0.141 e. The van der Waals surface area contributed by atoms with Gasteiger partial charge < -0.3 is 14.4 Å². The first-order chi connectivity index (χ1) is 8.16. The molecule has 2 atom stereocenters. The number of pyridine rings is 1. The highest BCUT2D eigenvalue weighted by atomic mass is 16.5. The van der Waals surface area contributed by atoms with Crippen molar-refractivity contribution in [3.8, 4) is 5.75 Å². The van der Waals surface area contributed by atoms with Gasteiger partial charge in [-0.05, 0) is 32.5 Å². The van der Waals surface area contributed by atoms with Crippen LogP contribution in [0, 0.1) is 6.92 Å². The van der Waals surface area contributed by atoms with E-state index in [4.69, 9.17) is 9.47 Å². The summed E-state index contributed by atoms with van der Waals surface area (Å²) >= 11 is 0. The van der Waals surface area contributed by atoms with Gasteiger partial charge in [-0.2, -0.15) is 0 Å². The van der Waals surface area contributed by atoms with Crippen molar-refractivity contribution in [3.05, 3.63) is 24.0 Å². The minimum Gasteiger partial charge on any atom is -0.486 e. The Morgan fingerprint density at radius 1 is 1.59 bits per heavy atom. The molecule has 1 aliphatic heterocycles. The third-order valence-electron chi connectivity index (χ3n) is 3.12. The van der Waals surface area contributed by atoms with Crippen molar-refractivity contribution in [2.24, 2.45) is 0 Å². The molecule has 0 amide bonds. The van der Waals surface area contributed by atoms with Gasteiger partial charge in [0.05, 0.1) is 12.8 Å². The number of rotatable bonds is 3. The molecule has 0 aromatic carbocycles. The Hall–Kier alpha value is -1.13. The highest BCUT2D eigenvalue weighted by molar-refractivity contribution is 5.28. The quantitative estimate of drug-likeness (QED) is 0.796. The summed E-state index contributed by atoms with van der Waals surface area (Å²) in [5.41, 5.74) is 1.11. The summed E-state index contributed by atoms with van der Waals surface area (Å²) in [6.07, 6.45) is 3.71. The molecule has 0 spiro atoms. The zero-order valence-corrected chi connectivity index (χ0v) is 10.7. The molecule has 2 heterocycles. The van der Waals surface area contributed by atoms with E-state index in [1.165, 1.54) is 0 Å². The first-order valence-corrected chi connectivity index (χ1v) is 6.04. The van der Waals surface area contributed by atoms with Crippen LogP contribution in [0.5, 0.6) is 5.75 Å². The molecule has 2 rings (SSSR count). The van der Waals surface area contributed by atoms with Gasteiger partial charge in [-0.25, -0.2) is 0 Å². The summed E-state index contributed by atoms with van der Waals surface area (Å²) in [4.78, 5) is 6.35. The van der Waals surface area contributed by atoms with E-state index in [1.54, 1.807) is 12.4 Å². The predicted octanol–water partition coefficient (Wildman–Crippen LogP) is 1.49. The third kappa shape index (κ3) is 3.17. The zero-order valence-electron chi connectivity index (χ0n) is 10.7. The normalized spacial score (nSPS) is 23.4. The van der Waals surface area contributed by atoms with E-state index < -0.39 is 0 Å². The summed E-state index contributed by atoms with van der Waals surface area (Å²) in [5.74, 6) is 0.844. The SMILES string of the molecule is Cc1ccncc1OC(C)C1CN(C)CCO1. The van der Waals surface area contributed by atoms with Gasteiger partial charge in [0.2, 0.25) is 0 Å². The summed E-state index contributed by atoms with van der Waals surface area (Å²) < 4.78 is 11.7. The fourth-order valence-corrected chi connectivity index (χ4v) is 1.94. The second-order valence-corrected chi connectivity index (χ2v) is 4.64. The molecule has 2 unspecified atom stereocenters. The Balaban J connectivity index is 1.96. The highest BCUT2D eigenvalue weighted by Gasteiger charge is 2.25. The average Bonchev–Trinajstić information content (AvgIpc) is 2.32. The van der Waals surface area contributed by atoms with Crippen molar-refractivity contribution in [1.29, 1.82) is 0 Å². The van der Waals surface area contributed by atoms with Crippen LogP contribution < -0.4 is 4.74 Å². The molecule has 1 aromatic heterocycles. The Morgan fingerprint density at radius 3 is 3.12 bits per heavy atom. The number of aryl methyl sites for hydroxylation is 1. The highest BCUT2D eigenvalue weighted by Crippen LogP contribution is 2.19. The van der Waals surface area contributed by atoms with Crippen LogP contribution in [0.4, 0.5) is 0 Å². The Kier molecular flexibility index (Phi) is 3.97. The topological polar surface area (TPSA) is 34.6 Å². The first-order valence-electron chi connectivity index (χ1n) is 6.04. The maximum absolute atomic E-state index is 5.92. The Morgan fingerprint density at radius 2 is 2.41 bits per heavy atom. The van der Waals surface area contributed by atoms with E-state index in [0.717, 1.165) is 31.0 Å². The molecule has 1 aliphatic rings. The van der Waals surface area contributed by atoms with Gasteiger partial charge in [-0.15, -0.1) is 0 Å². The summed E-state index contributed by atoms with van der Waals surface area (Å²) in [7, 11) is 2.11. The zero-order chi connectivity index (χ0) is 12.3. The molecule has 0 aliphatic carbocycles. The summed E-state index contributed by atoms with van der Waals surface area (Å²) in [6.45, 7) is 6.77. The molecule has 94 valence electrons.